The van der Waals surface area contributed by atoms with Crippen molar-refractivity contribution in [3.05, 3.63) is 58.0 Å². The van der Waals surface area contributed by atoms with Gasteiger partial charge in [0.05, 0.1) is 11.5 Å². The van der Waals surface area contributed by atoms with E-state index >= 15 is 0 Å². The van der Waals surface area contributed by atoms with E-state index < -0.39 is 0 Å². The highest BCUT2D eigenvalue weighted by atomic mass is 16.6. The van der Waals surface area contributed by atoms with Crippen LogP contribution in [0, 0.1) is 10.1 Å². The normalized spacial score (nSPS) is 12.9. The molecule has 1 aliphatic rings. The maximum absolute atomic E-state index is 11.3. The van der Waals surface area contributed by atoms with Crippen molar-refractivity contribution in [2.75, 3.05) is 17.2 Å². The lowest BCUT2D eigenvalue weighted by Crippen LogP contribution is -2.08. The molecule has 3 aromatic rings. The zero-order valence-electron chi connectivity index (χ0n) is 12.2. The molecule has 116 valence electrons. The zero-order valence-corrected chi connectivity index (χ0v) is 12.2. The van der Waals surface area contributed by atoms with Crippen LogP contribution in [-0.4, -0.2) is 26.1 Å². The van der Waals surface area contributed by atoms with Gasteiger partial charge < -0.3 is 10.6 Å². The summed E-state index contributed by atoms with van der Waals surface area (Å²) in [5, 5.41) is 26.0. The minimum Gasteiger partial charge on any atom is -0.384 e. The largest absolute Gasteiger partial charge is 0.384 e. The SMILES string of the molecule is O=[N+]([O-])c1ccc2c(c1NCc1nnc3ccccn13)CCN2. The molecular formula is C15H14N6O2. The van der Waals surface area contributed by atoms with Crippen LogP contribution in [0.15, 0.2) is 36.5 Å². The topological polar surface area (TPSA) is 97.4 Å². The molecule has 0 saturated heterocycles. The predicted molar refractivity (Wildman–Crippen MR) is 85.6 cm³/mol. The summed E-state index contributed by atoms with van der Waals surface area (Å²) < 4.78 is 1.86. The minimum atomic E-state index is -0.358. The van der Waals surface area contributed by atoms with Crippen molar-refractivity contribution in [2.45, 2.75) is 13.0 Å². The van der Waals surface area contributed by atoms with Crippen molar-refractivity contribution >= 4 is 22.7 Å². The lowest BCUT2D eigenvalue weighted by molar-refractivity contribution is -0.384. The van der Waals surface area contributed by atoms with E-state index in [-0.39, 0.29) is 10.6 Å². The summed E-state index contributed by atoms with van der Waals surface area (Å²) in [5.74, 6) is 0.707. The molecule has 2 aromatic heterocycles. The van der Waals surface area contributed by atoms with Crippen LogP contribution in [0.5, 0.6) is 0 Å². The molecule has 0 fully saturated rings. The summed E-state index contributed by atoms with van der Waals surface area (Å²) >= 11 is 0. The highest BCUT2D eigenvalue weighted by molar-refractivity contribution is 5.77. The number of nitrogens with one attached hydrogen (secondary N) is 2. The number of pyridine rings is 1. The van der Waals surface area contributed by atoms with Crippen LogP contribution in [0.2, 0.25) is 0 Å². The Morgan fingerprint density at radius 3 is 3.09 bits per heavy atom. The van der Waals surface area contributed by atoms with Gasteiger partial charge in [-0.1, -0.05) is 6.07 Å². The Balaban J connectivity index is 1.69. The lowest BCUT2D eigenvalue weighted by Gasteiger charge is -2.11. The summed E-state index contributed by atoms with van der Waals surface area (Å²) in [4.78, 5) is 10.9. The number of nitro groups is 1. The lowest BCUT2D eigenvalue weighted by atomic mass is 10.1. The molecule has 23 heavy (non-hydrogen) atoms. The van der Waals surface area contributed by atoms with E-state index in [4.69, 9.17) is 0 Å². The first-order chi connectivity index (χ1) is 11.2. The Morgan fingerprint density at radius 1 is 1.30 bits per heavy atom. The molecule has 0 amide bonds. The van der Waals surface area contributed by atoms with E-state index in [2.05, 4.69) is 20.8 Å². The van der Waals surface area contributed by atoms with Gasteiger partial charge >= 0.3 is 0 Å². The molecule has 4 rings (SSSR count). The van der Waals surface area contributed by atoms with Gasteiger partial charge in [-0.2, -0.15) is 0 Å². The number of rotatable bonds is 4. The highest BCUT2D eigenvalue weighted by Gasteiger charge is 2.23. The quantitative estimate of drug-likeness (QED) is 0.566. The third kappa shape index (κ3) is 2.24. The molecule has 2 N–H and O–H groups in total. The minimum absolute atomic E-state index is 0.0845. The van der Waals surface area contributed by atoms with Crippen molar-refractivity contribution in [1.82, 2.24) is 14.6 Å². The standard InChI is InChI=1S/C15H14N6O2/c22-21(23)12-5-4-11-10(6-7-16-11)15(12)17-9-14-19-18-13-3-1-2-8-20(13)14/h1-5,8,16-17H,6-7,9H2. The van der Waals surface area contributed by atoms with Crippen LogP contribution in [0.25, 0.3) is 5.65 Å². The van der Waals surface area contributed by atoms with E-state index in [0.717, 1.165) is 29.9 Å². The number of nitrogens with zero attached hydrogens (tertiary/aromatic N) is 4. The molecule has 1 aliphatic heterocycles. The van der Waals surface area contributed by atoms with Gasteiger partial charge in [0.1, 0.15) is 5.69 Å². The second-order valence-electron chi connectivity index (χ2n) is 5.32. The summed E-state index contributed by atoms with van der Waals surface area (Å²) in [6.07, 6.45) is 2.64. The van der Waals surface area contributed by atoms with Crippen molar-refractivity contribution in [3.63, 3.8) is 0 Å². The van der Waals surface area contributed by atoms with Gasteiger partial charge in [0, 0.05) is 30.1 Å². The van der Waals surface area contributed by atoms with Crippen LogP contribution in [0.4, 0.5) is 17.1 Å². The van der Waals surface area contributed by atoms with Gasteiger partial charge in [-0.3, -0.25) is 14.5 Å². The summed E-state index contributed by atoms with van der Waals surface area (Å²) in [6, 6.07) is 8.94. The van der Waals surface area contributed by atoms with Gasteiger partial charge in [0.25, 0.3) is 5.69 Å². The van der Waals surface area contributed by atoms with Crippen molar-refractivity contribution in [1.29, 1.82) is 0 Å². The third-order valence-electron chi connectivity index (χ3n) is 3.99. The van der Waals surface area contributed by atoms with E-state index in [9.17, 15) is 10.1 Å². The molecule has 0 aliphatic carbocycles. The first-order valence-corrected chi connectivity index (χ1v) is 7.30. The van der Waals surface area contributed by atoms with Crippen LogP contribution in [0.3, 0.4) is 0 Å². The Labute approximate surface area is 131 Å². The second-order valence-corrected chi connectivity index (χ2v) is 5.32. The highest BCUT2D eigenvalue weighted by Crippen LogP contribution is 2.37. The number of nitro benzene ring substituents is 1. The van der Waals surface area contributed by atoms with E-state index in [1.807, 2.05) is 28.8 Å². The molecule has 1 aromatic carbocycles. The number of aromatic nitrogens is 3. The van der Waals surface area contributed by atoms with Gasteiger partial charge in [0.15, 0.2) is 11.5 Å². The van der Waals surface area contributed by atoms with Gasteiger partial charge in [-0.25, -0.2) is 0 Å². The van der Waals surface area contributed by atoms with Gasteiger partial charge in [-0.05, 0) is 24.6 Å². The molecular weight excluding hydrogens is 296 g/mol. The molecule has 0 radical (unpaired) electrons. The van der Waals surface area contributed by atoms with Gasteiger partial charge in [-0.15, -0.1) is 10.2 Å². The Morgan fingerprint density at radius 2 is 2.22 bits per heavy atom. The summed E-state index contributed by atoms with van der Waals surface area (Å²) in [6.45, 7) is 1.15. The van der Waals surface area contributed by atoms with Crippen molar-refractivity contribution < 1.29 is 4.92 Å². The Hall–Kier alpha value is -3.16. The Kier molecular flexibility index (Phi) is 3.07. The molecule has 0 bridgehead atoms. The number of anilines is 2. The fraction of sp³-hybridized carbons (Fsp3) is 0.200. The van der Waals surface area contributed by atoms with Crippen LogP contribution in [-0.2, 0) is 13.0 Å². The monoisotopic (exact) mass is 310 g/mol. The third-order valence-corrected chi connectivity index (χ3v) is 3.99. The average molecular weight is 310 g/mol. The molecule has 3 heterocycles. The van der Waals surface area contributed by atoms with Crippen molar-refractivity contribution in [2.24, 2.45) is 0 Å². The maximum atomic E-state index is 11.3. The van der Waals surface area contributed by atoms with E-state index in [1.54, 1.807) is 6.07 Å². The predicted octanol–water partition coefficient (Wildman–Crippen LogP) is 2.22. The van der Waals surface area contributed by atoms with E-state index in [0.29, 0.717) is 18.1 Å². The second kappa shape index (κ2) is 5.24. The van der Waals surface area contributed by atoms with Gasteiger partial charge in [0.2, 0.25) is 0 Å². The molecule has 8 nitrogen and oxygen atoms in total. The fourth-order valence-corrected chi connectivity index (χ4v) is 2.91. The number of benzene rings is 1. The Bertz CT molecular complexity index is 904. The summed E-state index contributed by atoms with van der Waals surface area (Å²) in [7, 11) is 0. The first-order valence-electron chi connectivity index (χ1n) is 7.30. The maximum Gasteiger partial charge on any atom is 0.292 e. The molecule has 8 heteroatoms. The average Bonchev–Trinajstić information content (AvgIpc) is 3.19. The fourth-order valence-electron chi connectivity index (χ4n) is 2.91. The van der Waals surface area contributed by atoms with Crippen LogP contribution < -0.4 is 10.6 Å². The van der Waals surface area contributed by atoms with Crippen LogP contribution in [0.1, 0.15) is 11.4 Å². The molecule has 0 saturated carbocycles. The molecule has 0 atom stereocenters. The zero-order chi connectivity index (χ0) is 15.8. The van der Waals surface area contributed by atoms with E-state index in [1.165, 1.54) is 6.07 Å². The number of hydrogen-bond acceptors (Lipinski definition) is 6. The first kappa shape index (κ1) is 13.5. The number of hydrogen-bond donors (Lipinski definition) is 2. The molecule has 0 unspecified atom stereocenters. The smallest absolute Gasteiger partial charge is 0.292 e. The van der Waals surface area contributed by atoms with Crippen LogP contribution >= 0.6 is 0 Å². The molecule has 0 spiro atoms. The number of fused-ring (bicyclic) bond motifs is 2. The van der Waals surface area contributed by atoms with Crippen molar-refractivity contribution in [3.8, 4) is 0 Å². The summed E-state index contributed by atoms with van der Waals surface area (Å²) in [5.41, 5.74) is 3.29.